The first-order chi connectivity index (χ1) is 12.2. The Hall–Kier alpha value is -2.03. The Morgan fingerprint density at radius 3 is 2.27 bits per heavy atom. The number of benzene rings is 1. The zero-order chi connectivity index (χ0) is 18.6. The molecule has 1 aromatic carbocycles. The third-order valence-electron chi connectivity index (χ3n) is 4.44. The normalized spacial score (nSPS) is 17.5. The van der Waals surface area contributed by atoms with Crippen molar-refractivity contribution in [1.29, 1.82) is 0 Å². The van der Waals surface area contributed by atoms with E-state index in [0.717, 1.165) is 31.9 Å². The smallest absolute Gasteiger partial charge is 0.172 e. The van der Waals surface area contributed by atoms with E-state index in [4.69, 9.17) is 4.74 Å². The van der Waals surface area contributed by atoms with Gasteiger partial charge in [0.2, 0.25) is 0 Å². The summed E-state index contributed by atoms with van der Waals surface area (Å²) in [6, 6.07) is 1.09. The number of hydrogen-bond donors (Lipinski definition) is 0. The molecule has 1 heterocycles. The van der Waals surface area contributed by atoms with Crippen LogP contribution in [0, 0.1) is 17.5 Å². The molecule has 26 heavy (non-hydrogen) atoms. The van der Waals surface area contributed by atoms with Crippen molar-refractivity contribution < 1.29 is 26.3 Å². The molecule has 0 unspecified atom stereocenters. The third-order valence-corrected chi connectivity index (χ3v) is 5.16. The van der Waals surface area contributed by atoms with Gasteiger partial charge in [-0.05, 0) is 25.7 Å². The summed E-state index contributed by atoms with van der Waals surface area (Å²) in [5.74, 6) is -3.82. The maximum atomic E-state index is 14.0. The second-order valence-corrected chi connectivity index (χ2v) is 9.11. The molecule has 5 nitrogen and oxygen atoms in total. The Morgan fingerprint density at radius 2 is 1.69 bits per heavy atom. The molecule has 0 saturated heterocycles. The fourth-order valence-corrected chi connectivity index (χ4v) is 3.61. The third kappa shape index (κ3) is 3.44. The summed E-state index contributed by atoms with van der Waals surface area (Å²) >= 11 is 0. The first kappa shape index (κ1) is 17.4. The Labute approximate surface area is 148 Å². The second-order valence-electron chi connectivity index (χ2n) is 7.00. The molecule has 2 aliphatic carbocycles. The van der Waals surface area contributed by atoms with Gasteiger partial charge in [-0.2, -0.15) is 5.10 Å². The summed E-state index contributed by atoms with van der Waals surface area (Å²) in [7, 11) is -3.35. The lowest BCUT2D eigenvalue weighted by atomic mass is 10.2. The minimum atomic E-state index is -3.35. The summed E-state index contributed by atoms with van der Waals surface area (Å²) in [6.45, 7) is 0. The van der Waals surface area contributed by atoms with E-state index in [-0.39, 0.29) is 23.5 Å². The van der Waals surface area contributed by atoms with Crippen LogP contribution in [0.4, 0.5) is 13.2 Å². The minimum Gasteiger partial charge on any atom is -0.450 e. The first-order valence-electron chi connectivity index (χ1n) is 8.33. The quantitative estimate of drug-likeness (QED) is 0.708. The van der Waals surface area contributed by atoms with Crippen molar-refractivity contribution in [3.05, 3.63) is 41.0 Å². The van der Waals surface area contributed by atoms with Gasteiger partial charge in [-0.1, -0.05) is 0 Å². The van der Waals surface area contributed by atoms with Gasteiger partial charge in [0.05, 0.1) is 5.69 Å². The minimum absolute atomic E-state index is 0.0695. The highest BCUT2D eigenvalue weighted by atomic mass is 32.2. The van der Waals surface area contributed by atoms with Gasteiger partial charge in [0.1, 0.15) is 11.6 Å². The van der Waals surface area contributed by atoms with Crippen molar-refractivity contribution in [3.63, 3.8) is 0 Å². The molecule has 140 valence electrons. The van der Waals surface area contributed by atoms with Crippen LogP contribution in [-0.4, -0.2) is 24.5 Å². The Kier molecular flexibility index (Phi) is 4.02. The van der Waals surface area contributed by atoms with Crippen LogP contribution in [0.3, 0.4) is 0 Å². The molecule has 0 N–H and O–H groups in total. The lowest BCUT2D eigenvalue weighted by molar-refractivity contribution is 0.415. The SMILES string of the molecule is CS(=O)(=O)Cn1nc(C2CC2)c(Oc2cc(F)c(F)cc2F)c1C1CC1. The number of sulfone groups is 1. The number of rotatable bonds is 6. The molecule has 0 aliphatic heterocycles. The van der Waals surface area contributed by atoms with Crippen LogP contribution in [-0.2, 0) is 15.7 Å². The first-order valence-corrected chi connectivity index (χ1v) is 10.4. The highest BCUT2D eigenvalue weighted by Gasteiger charge is 2.39. The molecule has 0 atom stereocenters. The molecular formula is C17H17F3N2O3S. The van der Waals surface area contributed by atoms with Crippen LogP contribution in [0.15, 0.2) is 12.1 Å². The summed E-state index contributed by atoms with van der Waals surface area (Å²) in [4.78, 5) is 0. The molecule has 4 rings (SSSR count). The van der Waals surface area contributed by atoms with Crippen molar-refractivity contribution in [2.24, 2.45) is 0 Å². The van der Waals surface area contributed by atoms with Crippen LogP contribution in [0.5, 0.6) is 11.5 Å². The van der Waals surface area contributed by atoms with Gasteiger partial charge in [-0.15, -0.1) is 0 Å². The molecule has 0 amide bonds. The molecular weight excluding hydrogens is 369 g/mol. The van der Waals surface area contributed by atoms with Gasteiger partial charge >= 0.3 is 0 Å². The fourth-order valence-electron chi connectivity index (χ4n) is 2.97. The molecule has 2 saturated carbocycles. The number of nitrogens with zero attached hydrogens (tertiary/aromatic N) is 2. The van der Waals surface area contributed by atoms with E-state index < -0.39 is 33.0 Å². The monoisotopic (exact) mass is 386 g/mol. The average molecular weight is 386 g/mol. The number of ether oxygens (including phenoxy) is 1. The van der Waals surface area contributed by atoms with Gasteiger partial charge in [0.15, 0.2) is 38.8 Å². The molecule has 0 bridgehead atoms. The highest BCUT2D eigenvalue weighted by molar-refractivity contribution is 7.89. The average Bonchev–Trinajstić information content (AvgIpc) is 3.42. The second kappa shape index (κ2) is 6.00. The lowest BCUT2D eigenvalue weighted by Gasteiger charge is -2.11. The maximum absolute atomic E-state index is 14.0. The summed E-state index contributed by atoms with van der Waals surface area (Å²) in [5, 5.41) is 4.41. The van der Waals surface area contributed by atoms with Gasteiger partial charge in [0.25, 0.3) is 0 Å². The molecule has 0 radical (unpaired) electrons. The van der Waals surface area contributed by atoms with Crippen molar-refractivity contribution in [2.45, 2.75) is 43.4 Å². The Bertz CT molecular complexity index is 980. The standard InChI is InChI=1S/C17H17F3N2O3S/c1-26(23,24)8-22-16(10-4-5-10)17(15(21-22)9-2-3-9)25-14-7-12(19)11(18)6-13(14)20/h6-7,9-10H,2-5,8H2,1H3. The lowest BCUT2D eigenvalue weighted by Crippen LogP contribution is -2.13. The zero-order valence-corrected chi connectivity index (χ0v) is 14.8. The Balaban J connectivity index is 1.80. The van der Waals surface area contributed by atoms with Crippen LogP contribution in [0.25, 0.3) is 0 Å². The van der Waals surface area contributed by atoms with Crippen LogP contribution < -0.4 is 4.74 Å². The number of aromatic nitrogens is 2. The van der Waals surface area contributed by atoms with Gasteiger partial charge in [-0.3, -0.25) is 0 Å². The maximum Gasteiger partial charge on any atom is 0.172 e. The van der Waals surface area contributed by atoms with E-state index in [2.05, 4.69) is 5.10 Å². The van der Waals surface area contributed by atoms with E-state index >= 15 is 0 Å². The molecule has 0 spiro atoms. The van der Waals surface area contributed by atoms with E-state index in [9.17, 15) is 21.6 Å². The molecule has 2 aromatic rings. The predicted octanol–water partition coefficient (Wildman–Crippen LogP) is 3.85. The molecule has 9 heteroatoms. The largest absolute Gasteiger partial charge is 0.450 e. The van der Waals surface area contributed by atoms with Crippen molar-refractivity contribution >= 4 is 9.84 Å². The van der Waals surface area contributed by atoms with Gasteiger partial charge in [-0.25, -0.2) is 26.3 Å². The number of hydrogen-bond acceptors (Lipinski definition) is 4. The number of halogens is 3. The van der Waals surface area contributed by atoms with E-state index in [0.29, 0.717) is 23.5 Å². The van der Waals surface area contributed by atoms with Crippen molar-refractivity contribution in [1.82, 2.24) is 9.78 Å². The predicted molar refractivity (Wildman–Crippen MR) is 87.4 cm³/mol. The molecule has 2 aliphatic rings. The van der Waals surface area contributed by atoms with Crippen LogP contribution in [0.1, 0.15) is 48.9 Å². The van der Waals surface area contributed by atoms with E-state index in [1.807, 2.05) is 0 Å². The molecule has 1 aromatic heterocycles. The summed E-state index contributed by atoms with van der Waals surface area (Å²) < 4.78 is 71.2. The highest BCUT2D eigenvalue weighted by Crippen LogP contribution is 2.52. The Morgan fingerprint density at radius 1 is 1.08 bits per heavy atom. The van der Waals surface area contributed by atoms with Crippen molar-refractivity contribution in [3.8, 4) is 11.5 Å². The van der Waals surface area contributed by atoms with Crippen LogP contribution >= 0.6 is 0 Å². The van der Waals surface area contributed by atoms with Crippen LogP contribution in [0.2, 0.25) is 0 Å². The molecule has 2 fully saturated rings. The van der Waals surface area contributed by atoms with E-state index in [1.54, 1.807) is 0 Å². The summed E-state index contributed by atoms with van der Waals surface area (Å²) in [6.07, 6.45) is 4.54. The van der Waals surface area contributed by atoms with Gasteiger partial charge < -0.3 is 4.74 Å². The zero-order valence-electron chi connectivity index (χ0n) is 14.0. The van der Waals surface area contributed by atoms with Crippen molar-refractivity contribution in [2.75, 3.05) is 6.26 Å². The van der Waals surface area contributed by atoms with E-state index in [1.165, 1.54) is 4.68 Å². The fraction of sp³-hybridized carbons (Fsp3) is 0.471. The topological polar surface area (TPSA) is 61.2 Å². The summed E-state index contributed by atoms with van der Waals surface area (Å²) in [5.41, 5.74) is 1.14. The van der Waals surface area contributed by atoms with Gasteiger partial charge in [0, 0.05) is 30.2 Å².